The molecule has 25 heavy (non-hydrogen) atoms. The standard InChI is InChI=1S/C19H25N3O3/c1-12(2)11-20-17(23)18(24)21-15-8-7-13-4-3-9-22(16(13)10-15)19(25)14-5-6-14/h7-8,10,12,14H,3-6,9,11H2,1-2H3,(H,20,23)(H,21,24). The molecule has 1 aromatic carbocycles. The summed E-state index contributed by atoms with van der Waals surface area (Å²) in [6.45, 7) is 5.11. The molecule has 6 heteroatoms. The molecule has 134 valence electrons. The highest BCUT2D eigenvalue weighted by atomic mass is 16.2. The number of rotatable bonds is 4. The molecule has 0 bridgehead atoms. The van der Waals surface area contributed by atoms with E-state index in [1.54, 1.807) is 6.07 Å². The molecule has 0 unspecified atom stereocenters. The Kier molecular flexibility index (Phi) is 5.06. The molecule has 1 fully saturated rings. The van der Waals surface area contributed by atoms with Gasteiger partial charge in [0.1, 0.15) is 0 Å². The first-order valence-electron chi connectivity index (χ1n) is 8.99. The van der Waals surface area contributed by atoms with E-state index in [1.165, 1.54) is 0 Å². The topological polar surface area (TPSA) is 78.5 Å². The highest BCUT2D eigenvalue weighted by Crippen LogP contribution is 2.36. The van der Waals surface area contributed by atoms with Crippen LogP contribution in [0, 0.1) is 11.8 Å². The van der Waals surface area contributed by atoms with Gasteiger partial charge in [-0.05, 0) is 49.3 Å². The number of carbonyl (C=O) groups excluding carboxylic acids is 3. The van der Waals surface area contributed by atoms with Crippen LogP contribution in [0.5, 0.6) is 0 Å². The molecule has 3 rings (SSSR count). The zero-order valence-electron chi connectivity index (χ0n) is 14.8. The molecule has 6 nitrogen and oxygen atoms in total. The lowest BCUT2D eigenvalue weighted by Gasteiger charge is -2.30. The summed E-state index contributed by atoms with van der Waals surface area (Å²) in [7, 11) is 0. The number of nitrogens with one attached hydrogen (secondary N) is 2. The van der Waals surface area contributed by atoms with Gasteiger partial charge in [-0.1, -0.05) is 19.9 Å². The number of hydrogen-bond acceptors (Lipinski definition) is 3. The molecular weight excluding hydrogens is 318 g/mol. The van der Waals surface area contributed by atoms with Crippen LogP contribution in [0.1, 0.15) is 38.7 Å². The van der Waals surface area contributed by atoms with Gasteiger partial charge in [-0.15, -0.1) is 0 Å². The third-order valence-electron chi connectivity index (χ3n) is 4.53. The number of fused-ring (bicyclic) bond motifs is 1. The molecule has 2 N–H and O–H groups in total. The summed E-state index contributed by atoms with van der Waals surface area (Å²) in [5.74, 6) is -0.707. The van der Waals surface area contributed by atoms with Crippen molar-refractivity contribution in [2.45, 2.75) is 39.5 Å². The largest absolute Gasteiger partial charge is 0.348 e. The lowest BCUT2D eigenvalue weighted by atomic mass is 10.0. The van der Waals surface area contributed by atoms with Crippen LogP contribution in [0.25, 0.3) is 0 Å². The first-order chi connectivity index (χ1) is 12.0. The molecule has 3 amide bonds. The van der Waals surface area contributed by atoms with Crippen molar-refractivity contribution in [3.63, 3.8) is 0 Å². The van der Waals surface area contributed by atoms with Gasteiger partial charge in [-0.3, -0.25) is 14.4 Å². The van der Waals surface area contributed by atoms with Gasteiger partial charge in [0.2, 0.25) is 5.91 Å². The van der Waals surface area contributed by atoms with Crippen molar-refractivity contribution >= 4 is 29.1 Å². The maximum Gasteiger partial charge on any atom is 0.313 e. The monoisotopic (exact) mass is 343 g/mol. The van der Waals surface area contributed by atoms with Crippen molar-refractivity contribution in [3.05, 3.63) is 23.8 Å². The van der Waals surface area contributed by atoms with E-state index in [2.05, 4.69) is 10.6 Å². The average molecular weight is 343 g/mol. The Bertz CT molecular complexity index is 695. The second-order valence-electron chi connectivity index (χ2n) is 7.27. The van der Waals surface area contributed by atoms with E-state index in [0.717, 1.165) is 36.9 Å². The third kappa shape index (κ3) is 4.18. The Morgan fingerprint density at radius 1 is 1.20 bits per heavy atom. The molecule has 0 saturated heterocycles. The van der Waals surface area contributed by atoms with Crippen molar-refractivity contribution in [2.24, 2.45) is 11.8 Å². The van der Waals surface area contributed by atoms with Crippen LogP contribution in [0.2, 0.25) is 0 Å². The number of carbonyl (C=O) groups is 3. The molecule has 1 aromatic rings. The molecule has 0 aromatic heterocycles. The number of anilines is 2. The van der Waals surface area contributed by atoms with Crippen LogP contribution >= 0.6 is 0 Å². The van der Waals surface area contributed by atoms with Crippen LogP contribution < -0.4 is 15.5 Å². The molecule has 1 saturated carbocycles. The summed E-state index contributed by atoms with van der Waals surface area (Å²) in [4.78, 5) is 38.2. The summed E-state index contributed by atoms with van der Waals surface area (Å²) < 4.78 is 0. The minimum Gasteiger partial charge on any atom is -0.348 e. The smallest absolute Gasteiger partial charge is 0.313 e. The summed E-state index contributed by atoms with van der Waals surface area (Å²) in [6, 6.07) is 5.53. The molecule has 2 aliphatic rings. The molecule has 1 heterocycles. The fraction of sp³-hybridized carbons (Fsp3) is 0.526. The van der Waals surface area contributed by atoms with E-state index in [9.17, 15) is 14.4 Å². The van der Waals surface area contributed by atoms with Gasteiger partial charge in [0.05, 0.1) is 0 Å². The van der Waals surface area contributed by atoms with Gasteiger partial charge in [0, 0.05) is 30.4 Å². The van der Waals surface area contributed by atoms with E-state index in [0.29, 0.717) is 18.8 Å². The first-order valence-corrected chi connectivity index (χ1v) is 8.99. The number of hydrogen-bond donors (Lipinski definition) is 2. The van der Waals surface area contributed by atoms with Crippen LogP contribution in [0.15, 0.2) is 18.2 Å². The average Bonchev–Trinajstić information content (AvgIpc) is 3.43. The number of aryl methyl sites for hydroxylation is 1. The summed E-state index contributed by atoms with van der Waals surface area (Å²) in [6.07, 6.45) is 3.82. The Morgan fingerprint density at radius 2 is 1.96 bits per heavy atom. The van der Waals surface area contributed by atoms with Crippen LogP contribution in [0.3, 0.4) is 0 Å². The molecule has 1 aliphatic heterocycles. The van der Waals surface area contributed by atoms with Gasteiger partial charge < -0.3 is 15.5 Å². The summed E-state index contributed by atoms with van der Waals surface area (Å²) >= 11 is 0. The fourth-order valence-electron chi connectivity index (χ4n) is 3.00. The highest BCUT2D eigenvalue weighted by Gasteiger charge is 2.35. The predicted octanol–water partition coefficient (Wildman–Crippen LogP) is 2.09. The molecule has 0 spiro atoms. The van der Waals surface area contributed by atoms with E-state index in [-0.39, 0.29) is 17.7 Å². The van der Waals surface area contributed by atoms with E-state index < -0.39 is 11.8 Å². The maximum absolute atomic E-state index is 12.5. The van der Waals surface area contributed by atoms with Gasteiger partial charge in [0.15, 0.2) is 0 Å². The van der Waals surface area contributed by atoms with Crippen molar-refractivity contribution in [2.75, 3.05) is 23.3 Å². The van der Waals surface area contributed by atoms with Crippen molar-refractivity contribution in [1.29, 1.82) is 0 Å². The lowest BCUT2D eigenvalue weighted by molar-refractivity contribution is -0.136. The zero-order chi connectivity index (χ0) is 18.0. The zero-order valence-corrected chi connectivity index (χ0v) is 14.8. The minimum atomic E-state index is -0.684. The quantitative estimate of drug-likeness (QED) is 0.822. The Labute approximate surface area is 148 Å². The Morgan fingerprint density at radius 3 is 2.64 bits per heavy atom. The normalized spacial score (nSPS) is 16.4. The molecule has 0 atom stereocenters. The summed E-state index contributed by atoms with van der Waals surface area (Å²) in [5, 5.41) is 5.23. The maximum atomic E-state index is 12.5. The van der Waals surface area contributed by atoms with Crippen LogP contribution in [-0.2, 0) is 20.8 Å². The molecule has 1 aliphatic carbocycles. The second kappa shape index (κ2) is 7.25. The second-order valence-corrected chi connectivity index (χ2v) is 7.27. The molecule has 0 radical (unpaired) electrons. The van der Waals surface area contributed by atoms with E-state index in [1.807, 2.05) is 30.9 Å². The Balaban J connectivity index is 1.71. The van der Waals surface area contributed by atoms with Crippen LogP contribution in [-0.4, -0.2) is 30.8 Å². The first kappa shape index (κ1) is 17.5. The Hall–Kier alpha value is -2.37. The van der Waals surface area contributed by atoms with E-state index in [4.69, 9.17) is 0 Å². The minimum absolute atomic E-state index is 0.158. The van der Waals surface area contributed by atoms with Crippen molar-refractivity contribution in [3.8, 4) is 0 Å². The molecular formula is C19H25N3O3. The third-order valence-corrected chi connectivity index (χ3v) is 4.53. The van der Waals surface area contributed by atoms with Gasteiger partial charge in [-0.25, -0.2) is 0 Å². The van der Waals surface area contributed by atoms with Crippen molar-refractivity contribution in [1.82, 2.24) is 5.32 Å². The highest BCUT2D eigenvalue weighted by molar-refractivity contribution is 6.39. The van der Waals surface area contributed by atoms with E-state index >= 15 is 0 Å². The van der Waals surface area contributed by atoms with Gasteiger partial charge in [-0.2, -0.15) is 0 Å². The van der Waals surface area contributed by atoms with Crippen LogP contribution in [0.4, 0.5) is 11.4 Å². The van der Waals surface area contributed by atoms with Gasteiger partial charge >= 0.3 is 11.8 Å². The number of nitrogens with zero attached hydrogens (tertiary/aromatic N) is 1. The lowest BCUT2D eigenvalue weighted by Crippen LogP contribution is -2.38. The predicted molar refractivity (Wildman–Crippen MR) is 96.3 cm³/mol. The van der Waals surface area contributed by atoms with Crippen molar-refractivity contribution < 1.29 is 14.4 Å². The number of benzene rings is 1. The van der Waals surface area contributed by atoms with Gasteiger partial charge in [0.25, 0.3) is 0 Å². The summed E-state index contributed by atoms with van der Waals surface area (Å²) in [5.41, 5.74) is 2.52. The fourth-order valence-corrected chi connectivity index (χ4v) is 3.00. The SMILES string of the molecule is CC(C)CNC(=O)C(=O)Nc1ccc2c(c1)N(C(=O)C1CC1)CCC2. The number of amides is 3.